The van der Waals surface area contributed by atoms with Crippen LogP contribution in [0.5, 0.6) is 0 Å². The van der Waals surface area contributed by atoms with E-state index in [1.54, 1.807) is 15.2 Å². The van der Waals surface area contributed by atoms with Gasteiger partial charge in [0.05, 0.1) is 23.9 Å². The Morgan fingerprint density at radius 2 is 2.10 bits per heavy atom. The second-order valence-electron chi connectivity index (χ2n) is 7.69. The smallest absolute Gasteiger partial charge is 0.330 e. The van der Waals surface area contributed by atoms with E-state index in [4.69, 9.17) is 10.7 Å². The zero-order valence-corrected chi connectivity index (χ0v) is 16.9. The van der Waals surface area contributed by atoms with Crippen molar-refractivity contribution in [3.8, 4) is 6.07 Å². The van der Waals surface area contributed by atoms with E-state index in [9.17, 15) is 10.1 Å². The van der Waals surface area contributed by atoms with Crippen molar-refractivity contribution >= 4 is 16.9 Å². The first-order valence-electron chi connectivity index (χ1n) is 10.1. The van der Waals surface area contributed by atoms with Crippen molar-refractivity contribution in [1.82, 2.24) is 14.1 Å². The average molecular weight is 390 g/mol. The topological polar surface area (TPSA) is 92.9 Å². The van der Waals surface area contributed by atoms with Crippen molar-refractivity contribution < 1.29 is 0 Å². The van der Waals surface area contributed by atoms with Crippen molar-refractivity contribution in [3.05, 3.63) is 57.6 Å². The molecule has 0 radical (unpaired) electrons. The number of benzene rings is 1. The van der Waals surface area contributed by atoms with Crippen LogP contribution in [0, 0.1) is 18.3 Å². The Labute approximate surface area is 170 Å². The normalized spacial score (nSPS) is 16.9. The highest BCUT2D eigenvalue weighted by Crippen LogP contribution is 2.29. The van der Waals surface area contributed by atoms with Crippen LogP contribution in [0.4, 0.5) is 5.69 Å². The number of hydrogen-bond acceptors (Lipinski definition) is 5. The number of fused-ring (bicyclic) bond motifs is 1. The molecule has 1 aliphatic heterocycles. The maximum Gasteiger partial charge on any atom is 0.330 e. The summed E-state index contributed by atoms with van der Waals surface area (Å²) in [7, 11) is 0. The monoisotopic (exact) mass is 390 g/mol. The van der Waals surface area contributed by atoms with Gasteiger partial charge in [0, 0.05) is 31.4 Å². The van der Waals surface area contributed by atoms with E-state index in [-0.39, 0.29) is 11.7 Å². The molecule has 1 aliphatic rings. The SMILES string of the molecule is CCn1c(=O)n(Cc2ccccc2C#N)c2c(N3CCC[C@@H](N)C3)cc(C)nc21. The lowest BCUT2D eigenvalue weighted by atomic mass is 10.1. The Bertz CT molecular complexity index is 1150. The molecule has 1 saturated heterocycles. The van der Waals surface area contributed by atoms with Crippen LogP contribution in [-0.4, -0.2) is 33.2 Å². The third-order valence-corrected chi connectivity index (χ3v) is 5.65. The van der Waals surface area contributed by atoms with Crippen LogP contribution in [0.25, 0.3) is 11.2 Å². The molecule has 0 aliphatic carbocycles. The summed E-state index contributed by atoms with van der Waals surface area (Å²) in [5.41, 5.74) is 10.9. The van der Waals surface area contributed by atoms with Crippen molar-refractivity contribution in [2.24, 2.45) is 5.73 Å². The molecule has 0 unspecified atom stereocenters. The summed E-state index contributed by atoms with van der Waals surface area (Å²) in [6.45, 7) is 6.46. The van der Waals surface area contributed by atoms with E-state index < -0.39 is 0 Å². The van der Waals surface area contributed by atoms with E-state index >= 15 is 0 Å². The van der Waals surface area contributed by atoms with Crippen molar-refractivity contribution in [1.29, 1.82) is 5.26 Å². The number of pyridine rings is 1. The maximum absolute atomic E-state index is 13.3. The first-order chi connectivity index (χ1) is 14.0. The van der Waals surface area contributed by atoms with Crippen molar-refractivity contribution in [3.63, 3.8) is 0 Å². The Hall–Kier alpha value is -3.11. The van der Waals surface area contributed by atoms with Crippen LogP contribution in [0.1, 0.15) is 36.6 Å². The van der Waals surface area contributed by atoms with Gasteiger partial charge < -0.3 is 10.6 Å². The predicted molar refractivity (Wildman–Crippen MR) is 114 cm³/mol. The Kier molecular flexibility index (Phi) is 5.12. The van der Waals surface area contributed by atoms with E-state index in [2.05, 4.69) is 11.0 Å². The highest BCUT2D eigenvalue weighted by Gasteiger charge is 2.24. The van der Waals surface area contributed by atoms with Gasteiger partial charge in [-0.05, 0) is 44.4 Å². The fraction of sp³-hybridized carbons (Fsp3) is 0.409. The minimum atomic E-state index is -0.101. The molecule has 150 valence electrons. The number of imidazole rings is 1. The summed E-state index contributed by atoms with van der Waals surface area (Å²) in [5, 5.41) is 9.48. The van der Waals surface area contributed by atoms with E-state index in [0.29, 0.717) is 24.3 Å². The van der Waals surface area contributed by atoms with Crippen LogP contribution in [0.15, 0.2) is 35.1 Å². The molecule has 2 N–H and O–H groups in total. The summed E-state index contributed by atoms with van der Waals surface area (Å²) < 4.78 is 3.47. The van der Waals surface area contributed by atoms with Gasteiger partial charge in [0.2, 0.25) is 0 Å². The van der Waals surface area contributed by atoms with Gasteiger partial charge in [-0.25, -0.2) is 9.78 Å². The van der Waals surface area contributed by atoms with Gasteiger partial charge in [-0.1, -0.05) is 18.2 Å². The largest absolute Gasteiger partial charge is 0.368 e. The fourth-order valence-corrected chi connectivity index (χ4v) is 4.25. The zero-order chi connectivity index (χ0) is 20.5. The highest BCUT2D eigenvalue weighted by molar-refractivity contribution is 5.87. The molecular formula is C22H26N6O. The van der Waals surface area contributed by atoms with E-state index in [0.717, 1.165) is 48.4 Å². The van der Waals surface area contributed by atoms with Crippen LogP contribution in [-0.2, 0) is 13.1 Å². The lowest BCUT2D eigenvalue weighted by molar-refractivity contribution is 0.506. The number of aryl methyl sites for hydroxylation is 2. The Balaban J connectivity index is 1.95. The second-order valence-corrected chi connectivity index (χ2v) is 7.69. The van der Waals surface area contributed by atoms with Gasteiger partial charge in [-0.3, -0.25) is 9.13 Å². The zero-order valence-electron chi connectivity index (χ0n) is 16.9. The third-order valence-electron chi connectivity index (χ3n) is 5.65. The van der Waals surface area contributed by atoms with Gasteiger partial charge in [-0.15, -0.1) is 0 Å². The predicted octanol–water partition coefficient (Wildman–Crippen LogP) is 2.37. The molecule has 1 aromatic carbocycles. The number of nitrogens with zero attached hydrogens (tertiary/aromatic N) is 5. The quantitative estimate of drug-likeness (QED) is 0.738. The Morgan fingerprint density at radius 3 is 2.83 bits per heavy atom. The maximum atomic E-state index is 13.3. The van der Waals surface area contributed by atoms with Crippen molar-refractivity contribution in [2.45, 2.75) is 45.8 Å². The highest BCUT2D eigenvalue weighted by atomic mass is 16.1. The molecule has 1 atom stereocenters. The lowest BCUT2D eigenvalue weighted by Crippen LogP contribution is -2.43. The van der Waals surface area contributed by atoms with Crippen LogP contribution in [0.2, 0.25) is 0 Å². The minimum absolute atomic E-state index is 0.101. The number of nitriles is 1. The lowest BCUT2D eigenvalue weighted by Gasteiger charge is -2.33. The number of aromatic nitrogens is 3. The number of nitrogens with two attached hydrogens (primary N) is 1. The summed E-state index contributed by atoms with van der Waals surface area (Å²) in [5.74, 6) is 0. The van der Waals surface area contributed by atoms with E-state index in [1.807, 2.05) is 38.1 Å². The minimum Gasteiger partial charge on any atom is -0.368 e. The first kappa shape index (κ1) is 19.2. The molecule has 0 spiro atoms. The van der Waals surface area contributed by atoms with Crippen LogP contribution >= 0.6 is 0 Å². The average Bonchev–Trinajstić information content (AvgIpc) is 2.98. The molecule has 0 bridgehead atoms. The summed E-state index contributed by atoms with van der Waals surface area (Å²) >= 11 is 0. The third kappa shape index (κ3) is 3.40. The van der Waals surface area contributed by atoms with Gasteiger partial charge in [0.1, 0.15) is 5.52 Å². The van der Waals surface area contributed by atoms with Gasteiger partial charge >= 0.3 is 5.69 Å². The molecule has 0 saturated carbocycles. The summed E-state index contributed by atoms with van der Waals surface area (Å²) in [6.07, 6.45) is 2.04. The van der Waals surface area contributed by atoms with Gasteiger partial charge in [0.15, 0.2) is 5.65 Å². The van der Waals surface area contributed by atoms with Crippen LogP contribution < -0.4 is 16.3 Å². The first-order valence-corrected chi connectivity index (χ1v) is 10.1. The second kappa shape index (κ2) is 7.72. The Morgan fingerprint density at radius 1 is 1.31 bits per heavy atom. The molecular weight excluding hydrogens is 364 g/mol. The van der Waals surface area contributed by atoms with E-state index in [1.165, 1.54) is 0 Å². The standard InChI is InChI=1S/C22H26N6O/c1-3-27-21-20(19(11-15(2)25-21)26-10-6-9-18(24)14-26)28(22(27)29)13-17-8-5-4-7-16(17)12-23/h4-5,7-8,11,18H,3,6,9-10,13-14,24H2,1-2H3/t18-/m1/s1. The molecule has 0 amide bonds. The summed E-state index contributed by atoms with van der Waals surface area (Å²) in [4.78, 5) is 20.3. The molecule has 3 heterocycles. The van der Waals surface area contributed by atoms with Crippen molar-refractivity contribution in [2.75, 3.05) is 18.0 Å². The molecule has 29 heavy (non-hydrogen) atoms. The summed E-state index contributed by atoms with van der Waals surface area (Å²) in [6, 6.07) is 11.8. The molecule has 7 nitrogen and oxygen atoms in total. The number of hydrogen-bond donors (Lipinski definition) is 1. The fourth-order valence-electron chi connectivity index (χ4n) is 4.25. The number of rotatable bonds is 4. The number of piperidine rings is 1. The van der Waals surface area contributed by atoms with Gasteiger partial charge in [0.25, 0.3) is 0 Å². The van der Waals surface area contributed by atoms with Gasteiger partial charge in [-0.2, -0.15) is 5.26 Å². The number of anilines is 1. The molecule has 3 aromatic rings. The molecule has 4 rings (SSSR count). The molecule has 1 fully saturated rings. The molecule has 7 heteroatoms. The molecule has 2 aromatic heterocycles. The van der Waals surface area contributed by atoms with Crippen LogP contribution in [0.3, 0.4) is 0 Å².